The van der Waals surface area contributed by atoms with Crippen LogP contribution in [-0.4, -0.2) is 47.0 Å². The number of hydrogen-bond acceptors (Lipinski definition) is 8. The molecular formula is C25H19ClN4O6. The second-order valence-corrected chi connectivity index (χ2v) is 8.76. The summed E-state index contributed by atoms with van der Waals surface area (Å²) in [4.78, 5) is 33.0. The van der Waals surface area contributed by atoms with Gasteiger partial charge in [0.15, 0.2) is 5.41 Å². The van der Waals surface area contributed by atoms with Gasteiger partial charge in [0.1, 0.15) is 23.2 Å². The molecule has 3 aliphatic rings. The van der Waals surface area contributed by atoms with Crippen molar-refractivity contribution >= 4 is 40.8 Å². The largest absolute Gasteiger partial charge is 0.480 e. The number of aliphatic carboxylic acids is 1. The summed E-state index contributed by atoms with van der Waals surface area (Å²) in [5.41, 5.74) is 2.13. The number of aromatic nitrogens is 1. The first kappa shape index (κ1) is 23.5. The number of nitrogens with one attached hydrogen (secondary N) is 1. The summed E-state index contributed by atoms with van der Waals surface area (Å²) in [6.07, 6.45) is 1.99. The van der Waals surface area contributed by atoms with Crippen molar-refractivity contribution in [1.82, 2.24) is 5.16 Å². The zero-order valence-electron chi connectivity index (χ0n) is 19.2. The highest BCUT2D eigenvalue weighted by atomic mass is 35.5. The fourth-order valence-corrected chi connectivity index (χ4v) is 4.08. The molecule has 1 unspecified atom stereocenters. The van der Waals surface area contributed by atoms with Crippen molar-refractivity contribution in [3.8, 4) is 11.8 Å². The van der Waals surface area contributed by atoms with E-state index in [1.807, 2.05) is 0 Å². The molecule has 0 radical (unpaired) electrons. The number of nitrogens with zero attached hydrogens (tertiary/aromatic N) is 3. The molecule has 1 fully saturated rings. The Morgan fingerprint density at radius 3 is 2.61 bits per heavy atom. The highest BCUT2D eigenvalue weighted by Gasteiger charge is 2.51. The van der Waals surface area contributed by atoms with Crippen LogP contribution in [0, 0.1) is 24.2 Å². The average molecular weight is 507 g/mol. The Morgan fingerprint density at radius 2 is 1.94 bits per heavy atom. The summed E-state index contributed by atoms with van der Waals surface area (Å²) in [5, 5.41) is 16.5. The molecule has 4 heterocycles. The lowest BCUT2D eigenvalue weighted by molar-refractivity contribution is -0.171. The van der Waals surface area contributed by atoms with Crippen molar-refractivity contribution < 1.29 is 28.7 Å². The molecule has 1 amide bonds. The number of carbonyl (C=O) groups excluding carboxylic acids is 1. The van der Waals surface area contributed by atoms with E-state index in [0.717, 1.165) is 0 Å². The molecule has 2 N–H and O–H groups in total. The zero-order valence-corrected chi connectivity index (χ0v) is 19.9. The molecule has 36 heavy (non-hydrogen) atoms. The van der Waals surface area contributed by atoms with Crippen LogP contribution < -0.4 is 5.32 Å². The average Bonchev–Trinajstić information content (AvgIpc) is 3.45. The molecule has 10 nitrogen and oxygen atoms in total. The summed E-state index contributed by atoms with van der Waals surface area (Å²) in [6.45, 7) is 3.53. The number of carboxylic acids is 1. The Kier molecular flexibility index (Phi) is 5.96. The summed E-state index contributed by atoms with van der Waals surface area (Å²) in [5.74, 6) is 4.82. The van der Waals surface area contributed by atoms with Crippen LogP contribution in [0.3, 0.4) is 0 Å². The number of allylic oxidation sites excluding steroid dienone is 3. The maximum absolute atomic E-state index is 12.5. The van der Waals surface area contributed by atoms with Gasteiger partial charge in [0.25, 0.3) is 0 Å². The fraction of sp³-hybridized carbons (Fsp3) is 0.240. The third-order valence-corrected chi connectivity index (χ3v) is 6.25. The van der Waals surface area contributed by atoms with Gasteiger partial charge in [-0.25, -0.2) is 14.8 Å². The van der Waals surface area contributed by atoms with Gasteiger partial charge < -0.3 is 19.1 Å². The van der Waals surface area contributed by atoms with Crippen molar-refractivity contribution in [2.75, 3.05) is 18.5 Å². The number of carboxylic acid groups (broad SMARTS) is 1. The number of anilines is 1. The maximum atomic E-state index is 12.5. The minimum Gasteiger partial charge on any atom is -0.480 e. The third-order valence-electron chi connectivity index (χ3n) is 5.91. The Labute approximate surface area is 210 Å². The Balaban J connectivity index is 1.28. The van der Waals surface area contributed by atoms with E-state index in [1.165, 1.54) is 0 Å². The third kappa shape index (κ3) is 4.19. The molecule has 1 aromatic carbocycles. The van der Waals surface area contributed by atoms with Crippen LogP contribution in [0.25, 0.3) is 0 Å². The lowest BCUT2D eigenvalue weighted by Crippen LogP contribution is -2.50. The van der Waals surface area contributed by atoms with Gasteiger partial charge in [0.2, 0.25) is 5.76 Å². The first-order valence-corrected chi connectivity index (χ1v) is 11.3. The van der Waals surface area contributed by atoms with E-state index in [-0.39, 0.29) is 24.7 Å². The lowest BCUT2D eigenvalue weighted by Gasteiger charge is -2.36. The quantitative estimate of drug-likeness (QED) is 0.583. The van der Waals surface area contributed by atoms with E-state index in [2.05, 4.69) is 32.3 Å². The molecule has 0 bridgehead atoms. The van der Waals surface area contributed by atoms with E-state index >= 15 is 0 Å². The van der Waals surface area contributed by atoms with E-state index in [0.29, 0.717) is 39.1 Å². The van der Waals surface area contributed by atoms with Gasteiger partial charge >= 0.3 is 12.1 Å². The van der Waals surface area contributed by atoms with Crippen molar-refractivity contribution in [1.29, 1.82) is 0 Å². The number of fused-ring (bicyclic) bond motifs is 1. The molecule has 0 spiro atoms. The smallest absolute Gasteiger partial charge is 0.412 e. The second kappa shape index (κ2) is 9.11. The Bertz CT molecular complexity index is 1470. The SMILES string of the molecule is Cc1noc(C#CC2=CC3=NC(C4(C(=O)O)COC4)=CC3=N2)c1NC(=O)OC(C)c1ccccc1Cl. The minimum absolute atomic E-state index is 0.0782. The molecule has 1 atom stereocenters. The number of aryl methyl sites for hydroxylation is 1. The molecular weight excluding hydrogens is 488 g/mol. The number of halogens is 1. The Morgan fingerprint density at radius 1 is 1.19 bits per heavy atom. The molecule has 11 heteroatoms. The number of benzene rings is 1. The number of hydrogen-bond donors (Lipinski definition) is 2. The van der Waals surface area contributed by atoms with Crippen LogP contribution in [0.2, 0.25) is 5.02 Å². The first-order valence-electron chi connectivity index (χ1n) is 10.9. The van der Waals surface area contributed by atoms with Crippen molar-refractivity contribution in [3.05, 3.63) is 69.9 Å². The van der Waals surface area contributed by atoms with Crippen LogP contribution in [0.5, 0.6) is 0 Å². The molecule has 5 rings (SSSR count). The molecule has 1 saturated heterocycles. The number of rotatable bonds is 5. The second-order valence-electron chi connectivity index (χ2n) is 8.35. The number of aliphatic imine (C=N–C) groups is 2. The number of carbonyl (C=O) groups is 2. The standard InChI is InChI=1S/C25H19ClN4O6/c1-13-22(29-24(33)35-14(2)16-5-3-4-6-17(16)26)20(36-30-13)8-7-15-9-18-19(27-15)10-21(28-18)25(23(31)32)11-34-12-25/h3-6,9-10,14H,11-12H2,1-2H3,(H,29,33)(H,31,32). The summed E-state index contributed by atoms with van der Waals surface area (Å²) >= 11 is 6.17. The van der Waals surface area contributed by atoms with Gasteiger partial charge in [0.05, 0.1) is 30.3 Å². The molecule has 1 aromatic heterocycles. The number of ether oxygens (including phenoxy) is 2. The molecule has 2 aromatic rings. The van der Waals surface area contributed by atoms with Gasteiger partial charge in [-0.15, -0.1) is 0 Å². The van der Waals surface area contributed by atoms with E-state index in [4.69, 9.17) is 25.6 Å². The van der Waals surface area contributed by atoms with E-state index in [9.17, 15) is 14.7 Å². The van der Waals surface area contributed by atoms with Crippen LogP contribution >= 0.6 is 11.6 Å². The van der Waals surface area contributed by atoms with Crippen molar-refractivity contribution in [2.45, 2.75) is 20.0 Å². The van der Waals surface area contributed by atoms with Crippen LogP contribution in [0.1, 0.15) is 30.0 Å². The summed E-state index contributed by atoms with van der Waals surface area (Å²) in [7, 11) is 0. The van der Waals surface area contributed by atoms with Crippen LogP contribution in [0.15, 0.2) is 62.3 Å². The van der Waals surface area contributed by atoms with Gasteiger partial charge in [-0.2, -0.15) is 0 Å². The highest BCUT2D eigenvalue weighted by molar-refractivity contribution is 6.54. The topological polar surface area (TPSA) is 136 Å². The van der Waals surface area contributed by atoms with Gasteiger partial charge in [-0.1, -0.05) is 35.0 Å². The molecule has 182 valence electrons. The predicted molar refractivity (Wildman–Crippen MR) is 130 cm³/mol. The maximum Gasteiger partial charge on any atom is 0.412 e. The van der Waals surface area contributed by atoms with E-state index in [1.54, 1.807) is 50.3 Å². The first-order chi connectivity index (χ1) is 17.3. The molecule has 0 saturated carbocycles. The zero-order chi connectivity index (χ0) is 25.4. The highest BCUT2D eigenvalue weighted by Crippen LogP contribution is 2.39. The monoisotopic (exact) mass is 506 g/mol. The van der Waals surface area contributed by atoms with Gasteiger partial charge in [0, 0.05) is 16.7 Å². The Hall–Kier alpha value is -4.20. The predicted octanol–water partition coefficient (Wildman–Crippen LogP) is 4.08. The van der Waals surface area contributed by atoms with Gasteiger partial charge in [-0.05, 0) is 37.8 Å². The van der Waals surface area contributed by atoms with Gasteiger partial charge in [-0.3, -0.25) is 10.1 Å². The molecule has 3 aliphatic heterocycles. The number of amides is 1. The van der Waals surface area contributed by atoms with Crippen LogP contribution in [-0.2, 0) is 14.3 Å². The van der Waals surface area contributed by atoms with Crippen molar-refractivity contribution in [2.24, 2.45) is 15.4 Å². The summed E-state index contributed by atoms with van der Waals surface area (Å²) < 4.78 is 15.8. The molecule has 0 aliphatic carbocycles. The normalized spacial score (nSPS) is 17.9. The van der Waals surface area contributed by atoms with Crippen LogP contribution in [0.4, 0.5) is 10.5 Å². The lowest BCUT2D eigenvalue weighted by atomic mass is 9.82. The minimum atomic E-state index is -1.13. The van der Waals surface area contributed by atoms with E-state index < -0.39 is 23.6 Å². The summed E-state index contributed by atoms with van der Waals surface area (Å²) in [6, 6.07) is 7.09. The van der Waals surface area contributed by atoms with Crippen molar-refractivity contribution in [3.63, 3.8) is 0 Å². The fourth-order valence-electron chi connectivity index (χ4n) is 3.79.